The van der Waals surface area contributed by atoms with Crippen LogP contribution in [0.2, 0.25) is 5.02 Å². The molecule has 29 heavy (non-hydrogen) atoms. The van der Waals surface area contributed by atoms with E-state index in [1.807, 2.05) is 6.92 Å². The van der Waals surface area contributed by atoms with E-state index in [1.165, 1.54) is 0 Å². The molecule has 1 heterocycles. The average Bonchev–Trinajstić information content (AvgIpc) is 3.14. The third-order valence-corrected chi connectivity index (χ3v) is 4.93. The first-order chi connectivity index (χ1) is 13.8. The summed E-state index contributed by atoms with van der Waals surface area (Å²) in [6, 6.07) is 11.8. The van der Waals surface area contributed by atoms with Crippen molar-refractivity contribution < 1.29 is 23.9 Å². The number of hydrogen-bond acceptors (Lipinski definition) is 5. The van der Waals surface area contributed by atoms with Gasteiger partial charge < -0.3 is 14.4 Å². The Kier molecular flexibility index (Phi) is 6.54. The van der Waals surface area contributed by atoms with Crippen molar-refractivity contribution in [3.63, 3.8) is 0 Å². The summed E-state index contributed by atoms with van der Waals surface area (Å²) < 4.78 is 10.7. The van der Waals surface area contributed by atoms with Gasteiger partial charge in [0, 0.05) is 29.2 Å². The Morgan fingerprint density at radius 1 is 1.17 bits per heavy atom. The highest BCUT2D eigenvalue weighted by Gasteiger charge is 2.22. The molecule has 1 aliphatic rings. The number of carbonyl (C=O) groups excluding carboxylic acids is 3. The molecule has 7 heteroatoms. The predicted octanol–water partition coefficient (Wildman–Crippen LogP) is 3.97. The van der Waals surface area contributed by atoms with Gasteiger partial charge in [-0.1, -0.05) is 11.6 Å². The maximum absolute atomic E-state index is 12.3. The van der Waals surface area contributed by atoms with Gasteiger partial charge in [0.05, 0.1) is 0 Å². The number of rotatable bonds is 7. The van der Waals surface area contributed by atoms with Crippen LogP contribution < -0.4 is 9.64 Å². The maximum atomic E-state index is 12.3. The van der Waals surface area contributed by atoms with Crippen LogP contribution in [0.4, 0.5) is 5.69 Å². The van der Waals surface area contributed by atoms with Gasteiger partial charge in [0.2, 0.25) is 5.91 Å². The van der Waals surface area contributed by atoms with Crippen molar-refractivity contribution in [1.29, 1.82) is 0 Å². The SMILES string of the molecule is Cc1cc(Cl)ccc1OC(C)C(=O)OCC(=O)c1ccc(N2CCCC2=O)cc1. The van der Waals surface area contributed by atoms with Crippen molar-refractivity contribution in [3.05, 3.63) is 58.6 Å². The fourth-order valence-corrected chi connectivity index (χ4v) is 3.30. The molecule has 1 fully saturated rings. The van der Waals surface area contributed by atoms with Crippen LogP contribution in [0.5, 0.6) is 5.75 Å². The number of anilines is 1. The largest absolute Gasteiger partial charge is 0.479 e. The summed E-state index contributed by atoms with van der Waals surface area (Å²) in [5.74, 6) is -0.348. The van der Waals surface area contributed by atoms with Crippen molar-refractivity contribution in [2.75, 3.05) is 18.1 Å². The zero-order valence-corrected chi connectivity index (χ0v) is 17.1. The van der Waals surface area contributed by atoms with Crippen LogP contribution in [0, 0.1) is 6.92 Å². The van der Waals surface area contributed by atoms with E-state index in [4.69, 9.17) is 21.1 Å². The minimum atomic E-state index is -0.869. The fourth-order valence-electron chi connectivity index (χ4n) is 3.07. The molecule has 3 rings (SSSR count). The summed E-state index contributed by atoms with van der Waals surface area (Å²) in [4.78, 5) is 37.9. The van der Waals surface area contributed by atoms with Crippen LogP contribution in [0.3, 0.4) is 0 Å². The Morgan fingerprint density at radius 2 is 1.90 bits per heavy atom. The number of benzene rings is 2. The van der Waals surface area contributed by atoms with Crippen LogP contribution in [0.1, 0.15) is 35.7 Å². The number of Topliss-reactive ketones (excluding diaryl/α,β-unsaturated/α-hetero) is 1. The van der Waals surface area contributed by atoms with Crippen molar-refractivity contribution in [2.24, 2.45) is 0 Å². The highest BCUT2D eigenvalue weighted by atomic mass is 35.5. The number of ether oxygens (including phenoxy) is 2. The highest BCUT2D eigenvalue weighted by Crippen LogP contribution is 2.23. The summed E-state index contributed by atoms with van der Waals surface area (Å²) in [5.41, 5.74) is 1.97. The van der Waals surface area contributed by atoms with Gasteiger partial charge in [0.1, 0.15) is 5.75 Å². The van der Waals surface area contributed by atoms with Gasteiger partial charge in [-0.15, -0.1) is 0 Å². The normalized spacial score (nSPS) is 14.6. The predicted molar refractivity (Wildman–Crippen MR) is 110 cm³/mol. The lowest BCUT2D eigenvalue weighted by Crippen LogP contribution is -2.28. The zero-order valence-electron chi connectivity index (χ0n) is 16.3. The van der Waals surface area contributed by atoms with Crippen LogP contribution in [-0.2, 0) is 14.3 Å². The molecule has 0 saturated carbocycles. The number of carbonyl (C=O) groups is 3. The van der Waals surface area contributed by atoms with Gasteiger partial charge in [0.15, 0.2) is 18.5 Å². The van der Waals surface area contributed by atoms with E-state index in [9.17, 15) is 14.4 Å². The molecule has 0 aliphatic carbocycles. The molecule has 1 unspecified atom stereocenters. The highest BCUT2D eigenvalue weighted by molar-refractivity contribution is 6.30. The summed E-state index contributed by atoms with van der Waals surface area (Å²) in [7, 11) is 0. The second kappa shape index (κ2) is 9.09. The number of ketones is 1. The minimum absolute atomic E-state index is 0.0860. The lowest BCUT2D eigenvalue weighted by Gasteiger charge is -2.16. The summed E-state index contributed by atoms with van der Waals surface area (Å²) >= 11 is 5.91. The minimum Gasteiger partial charge on any atom is -0.479 e. The van der Waals surface area contributed by atoms with Gasteiger partial charge in [-0.3, -0.25) is 9.59 Å². The topological polar surface area (TPSA) is 72.9 Å². The molecule has 1 amide bonds. The van der Waals surface area contributed by atoms with E-state index >= 15 is 0 Å². The smallest absolute Gasteiger partial charge is 0.347 e. The molecular weight excluding hydrogens is 394 g/mol. The van der Waals surface area contributed by atoms with Gasteiger partial charge in [-0.2, -0.15) is 0 Å². The molecule has 0 radical (unpaired) electrons. The third kappa shape index (κ3) is 5.15. The summed E-state index contributed by atoms with van der Waals surface area (Å²) in [6.07, 6.45) is 0.517. The van der Waals surface area contributed by atoms with Crippen molar-refractivity contribution in [1.82, 2.24) is 0 Å². The Labute approximate surface area is 174 Å². The first-order valence-corrected chi connectivity index (χ1v) is 9.76. The molecule has 1 saturated heterocycles. The third-order valence-electron chi connectivity index (χ3n) is 4.69. The number of esters is 1. The van der Waals surface area contributed by atoms with E-state index in [2.05, 4.69) is 0 Å². The monoisotopic (exact) mass is 415 g/mol. The number of hydrogen-bond donors (Lipinski definition) is 0. The van der Waals surface area contributed by atoms with Crippen LogP contribution in [0.25, 0.3) is 0 Å². The van der Waals surface area contributed by atoms with Crippen molar-refractivity contribution >= 4 is 34.9 Å². The van der Waals surface area contributed by atoms with Gasteiger partial charge in [0.25, 0.3) is 0 Å². The number of nitrogens with zero attached hydrogens (tertiary/aromatic N) is 1. The first-order valence-electron chi connectivity index (χ1n) is 9.38. The molecule has 152 valence electrons. The van der Waals surface area contributed by atoms with Crippen molar-refractivity contribution in [3.8, 4) is 5.75 Å². The molecule has 1 aliphatic heterocycles. The number of amides is 1. The zero-order chi connectivity index (χ0) is 21.0. The standard InChI is InChI=1S/C22H22ClNO5/c1-14-12-17(23)7-10-20(14)29-15(2)22(27)28-13-19(25)16-5-8-18(9-6-16)24-11-3-4-21(24)26/h5-10,12,15H,3-4,11,13H2,1-2H3. The molecule has 0 aromatic heterocycles. The second-order valence-corrected chi connectivity index (χ2v) is 7.33. The number of aryl methyl sites for hydroxylation is 1. The summed E-state index contributed by atoms with van der Waals surface area (Å²) in [5, 5.41) is 0.579. The Balaban J connectivity index is 1.52. The quantitative estimate of drug-likeness (QED) is 0.505. The Morgan fingerprint density at radius 3 is 2.52 bits per heavy atom. The molecular formula is C22H22ClNO5. The lowest BCUT2D eigenvalue weighted by atomic mass is 10.1. The molecule has 0 N–H and O–H groups in total. The lowest BCUT2D eigenvalue weighted by molar-refractivity contribution is -0.149. The van der Waals surface area contributed by atoms with Crippen LogP contribution in [-0.4, -0.2) is 36.9 Å². The second-order valence-electron chi connectivity index (χ2n) is 6.90. The molecule has 0 bridgehead atoms. The maximum Gasteiger partial charge on any atom is 0.347 e. The van der Waals surface area contributed by atoms with Gasteiger partial charge in [-0.05, 0) is 68.3 Å². The average molecular weight is 416 g/mol. The van der Waals surface area contributed by atoms with E-state index in [-0.39, 0.29) is 18.3 Å². The van der Waals surface area contributed by atoms with E-state index < -0.39 is 12.1 Å². The molecule has 2 aromatic carbocycles. The number of halogens is 1. The Hall–Kier alpha value is -2.86. The van der Waals surface area contributed by atoms with Gasteiger partial charge in [-0.25, -0.2) is 4.79 Å². The van der Waals surface area contributed by atoms with Crippen LogP contribution in [0.15, 0.2) is 42.5 Å². The van der Waals surface area contributed by atoms with Gasteiger partial charge >= 0.3 is 5.97 Å². The first kappa shape index (κ1) is 20.9. The van der Waals surface area contributed by atoms with E-state index in [0.29, 0.717) is 29.3 Å². The molecule has 2 aromatic rings. The van der Waals surface area contributed by atoms with Crippen molar-refractivity contribution in [2.45, 2.75) is 32.8 Å². The van der Waals surface area contributed by atoms with E-state index in [1.54, 1.807) is 54.3 Å². The summed E-state index contributed by atoms with van der Waals surface area (Å²) in [6.45, 7) is 3.69. The Bertz CT molecular complexity index is 925. The molecule has 0 spiro atoms. The fraction of sp³-hybridized carbons (Fsp3) is 0.318. The molecule has 6 nitrogen and oxygen atoms in total. The molecule has 1 atom stereocenters. The van der Waals surface area contributed by atoms with E-state index in [0.717, 1.165) is 17.7 Å². The van der Waals surface area contributed by atoms with Crippen LogP contribution >= 0.6 is 11.6 Å².